The highest BCUT2D eigenvalue weighted by Crippen LogP contribution is 2.31. The Morgan fingerprint density at radius 2 is 1.93 bits per heavy atom. The van der Waals surface area contributed by atoms with Gasteiger partial charge in [0.05, 0.1) is 11.4 Å². The molecule has 0 aliphatic carbocycles. The zero-order valence-electron chi connectivity index (χ0n) is 15.8. The van der Waals surface area contributed by atoms with Crippen molar-refractivity contribution < 1.29 is 9.32 Å². The van der Waals surface area contributed by atoms with Gasteiger partial charge in [-0.3, -0.25) is 4.79 Å². The molecule has 0 saturated carbocycles. The van der Waals surface area contributed by atoms with E-state index < -0.39 is 0 Å². The monoisotopic (exact) mass is 365 g/mol. The third-order valence-corrected chi connectivity index (χ3v) is 4.96. The summed E-state index contributed by atoms with van der Waals surface area (Å²) in [5.41, 5.74) is 3.64. The first-order chi connectivity index (χ1) is 13.0. The van der Waals surface area contributed by atoms with Crippen LogP contribution >= 0.6 is 0 Å². The van der Waals surface area contributed by atoms with Crippen LogP contribution in [-0.2, 0) is 0 Å². The summed E-state index contributed by atoms with van der Waals surface area (Å²) < 4.78 is 7.23. The molecule has 140 valence electrons. The van der Waals surface area contributed by atoms with Crippen LogP contribution in [0.1, 0.15) is 58.8 Å². The molecule has 1 saturated heterocycles. The van der Waals surface area contributed by atoms with Crippen LogP contribution in [0.5, 0.6) is 0 Å². The van der Waals surface area contributed by atoms with Crippen molar-refractivity contribution in [3.05, 3.63) is 59.0 Å². The minimum absolute atomic E-state index is 0.00419. The predicted octanol–water partition coefficient (Wildman–Crippen LogP) is 3.55. The van der Waals surface area contributed by atoms with Gasteiger partial charge in [0.25, 0.3) is 5.91 Å². The van der Waals surface area contributed by atoms with Crippen LogP contribution in [0.4, 0.5) is 0 Å². The molecule has 3 aromatic rings. The number of hydrogen-bond donors (Lipinski definition) is 0. The Hall–Kier alpha value is -2.96. The van der Waals surface area contributed by atoms with Gasteiger partial charge < -0.3 is 9.42 Å². The number of rotatable bonds is 3. The van der Waals surface area contributed by atoms with E-state index in [0.717, 1.165) is 36.3 Å². The normalized spacial score (nSPS) is 17.3. The number of piperidine rings is 1. The summed E-state index contributed by atoms with van der Waals surface area (Å²) in [4.78, 5) is 19.3. The highest BCUT2D eigenvalue weighted by atomic mass is 16.5. The number of carbonyl (C=O) groups excluding carboxylic acids is 1. The lowest BCUT2D eigenvalue weighted by molar-refractivity contribution is 0.0561. The smallest absolute Gasteiger partial charge is 0.254 e. The van der Waals surface area contributed by atoms with Crippen molar-refractivity contribution in [2.45, 2.75) is 46.1 Å². The number of aromatic nitrogens is 4. The van der Waals surface area contributed by atoms with Gasteiger partial charge in [-0.1, -0.05) is 5.16 Å². The topological polar surface area (TPSA) is 77.0 Å². The second-order valence-corrected chi connectivity index (χ2v) is 7.08. The van der Waals surface area contributed by atoms with Gasteiger partial charge in [-0.05, 0) is 70.4 Å². The summed E-state index contributed by atoms with van der Waals surface area (Å²) in [6.45, 7) is 6.48. The number of hydrogen-bond acceptors (Lipinski definition) is 5. The van der Waals surface area contributed by atoms with Crippen molar-refractivity contribution >= 4 is 5.91 Å². The van der Waals surface area contributed by atoms with E-state index in [0.29, 0.717) is 23.8 Å². The summed E-state index contributed by atoms with van der Waals surface area (Å²) in [5, 5.41) is 8.37. The van der Waals surface area contributed by atoms with Crippen molar-refractivity contribution in [2.75, 3.05) is 6.54 Å². The quantitative estimate of drug-likeness (QED) is 0.709. The molecule has 7 heteroatoms. The second kappa shape index (κ2) is 6.98. The average Bonchev–Trinajstić information content (AvgIpc) is 3.26. The summed E-state index contributed by atoms with van der Waals surface area (Å²) in [6, 6.07) is 9.47. The zero-order chi connectivity index (χ0) is 19.0. The van der Waals surface area contributed by atoms with Crippen molar-refractivity contribution in [3.63, 3.8) is 0 Å². The molecule has 2 aromatic heterocycles. The van der Waals surface area contributed by atoms with Gasteiger partial charge in [-0.25, -0.2) is 4.68 Å². The Bertz CT molecular complexity index is 957. The molecular weight excluding hydrogens is 342 g/mol. The molecule has 1 amide bonds. The van der Waals surface area contributed by atoms with Crippen LogP contribution in [0.2, 0.25) is 0 Å². The molecule has 7 nitrogen and oxygen atoms in total. The summed E-state index contributed by atoms with van der Waals surface area (Å²) in [5.74, 6) is 1.12. The van der Waals surface area contributed by atoms with Gasteiger partial charge >= 0.3 is 0 Å². The first kappa shape index (κ1) is 17.5. The zero-order valence-corrected chi connectivity index (χ0v) is 15.8. The van der Waals surface area contributed by atoms with Gasteiger partial charge in [0, 0.05) is 17.8 Å². The SMILES string of the molecule is Cc1cc(C)n(-c2ccc(C(=O)N3CCCC[C@@H]3c3nc(C)no3)cc2)n1. The molecule has 1 atom stereocenters. The van der Waals surface area contributed by atoms with E-state index in [1.165, 1.54) is 0 Å². The van der Waals surface area contributed by atoms with Gasteiger partial charge in [-0.2, -0.15) is 10.1 Å². The van der Waals surface area contributed by atoms with Crippen LogP contribution in [0, 0.1) is 20.8 Å². The number of aryl methyl sites for hydroxylation is 3. The number of nitrogens with zero attached hydrogens (tertiary/aromatic N) is 5. The third kappa shape index (κ3) is 3.37. The van der Waals surface area contributed by atoms with Crippen LogP contribution in [0.15, 0.2) is 34.9 Å². The molecule has 1 aliphatic heterocycles. The Morgan fingerprint density at radius 1 is 1.15 bits per heavy atom. The van der Waals surface area contributed by atoms with Crippen molar-refractivity contribution in [3.8, 4) is 5.69 Å². The highest BCUT2D eigenvalue weighted by molar-refractivity contribution is 5.94. The van der Waals surface area contributed by atoms with Gasteiger partial charge in [0.1, 0.15) is 6.04 Å². The molecule has 0 N–H and O–H groups in total. The molecular formula is C20H23N5O2. The first-order valence-electron chi connectivity index (χ1n) is 9.28. The maximum Gasteiger partial charge on any atom is 0.254 e. The average molecular weight is 365 g/mol. The fourth-order valence-corrected chi connectivity index (χ4v) is 3.68. The van der Waals surface area contributed by atoms with E-state index >= 15 is 0 Å². The molecule has 1 aliphatic rings. The number of carbonyl (C=O) groups is 1. The minimum Gasteiger partial charge on any atom is -0.337 e. The summed E-state index contributed by atoms with van der Waals surface area (Å²) in [6.07, 6.45) is 2.88. The van der Waals surface area contributed by atoms with E-state index in [9.17, 15) is 4.79 Å². The van der Waals surface area contributed by atoms with Crippen LogP contribution < -0.4 is 0 Å². The van der Waals surface area contributed by atoms with Gasteiger partial charge in [0.15, 0.2) is 5.82 Å². The minimum atomic E-state index is -0.150. The Labute approximate surface area is 158 Å². The van der Waals surface area contributed by atoms with E-state index in [1.807, 2.05) is 53.8 Å². The summed E-state index contributed by atoms with van der Waals surface area (Å²) in [7, 11) is 0. The Balaban J connectivity index is 1.58. The molecule has 0 bridgehead atoms. The lowest BCUT2D eigenvalue weighted by atomic mass is 10.0. The lowest BCUT2D eigenvalue weighted by Crippen LogP contribution is -2.38. The van der Waals surface area contributed by atoms with Crippen molar-refractivity contribution in [1.82, 2.24) is 24.8 Å². The standard InChI is InChI=1S/C20H23N5O2/c1-13-12-14(2)25(22-13)17-9-7-16(8-10-17)20(26)24-11-5-4-6-18(24)19-21-15(3)23-27-19/h7-10,12,18H,4-6,11H2,1-3H3/t18-/m1/s1. The maximum atomic E-state index is 13.1. The molecule has 27 heavy (non-hydrogen) atoms. The number of likely N-dealkylation sites (tertiary alicyclic amines) is 1. The van der Waals surface area contributed by atoms with Gasteiger partial charge in [0.2, 0.25) is 5.89 Å². The fraction of sp³-hybridized carbons (Fsp3) is 0.400. The van der Waals surface area contributed by atoms with E-state index in [1.54, 1.807) is 6.92 Å². The predicted molar refractivity (Wildman–Crippen MR) is 99.7 cm³/mol. The highest BCUT2D eigenvalue weighted by Gasteiger charge is 2.32. The van der Waals surface area contributed by atoms with Gasteiger partial charge in [-0.15, -0.1) is 0 Å². The molecule has 0 unspecified atom stereocenters. The van der Waals surface area contributed by atoms with Crippen LogP contribution in [0.3, 0.4) is 0 Å². The van der Waals surface area contributed by atoms with E-state index in [2.05, 4.69) is 15.2 Å². The molecule has 3 heterocycles. The number of amides is 1. The number of benzene rings is 1. The Kier molecular flexibility index (Phi) is 4.51. The van der Waals surface area contributed by atoms with Crippen molar-refractivity contribution in [2.24, 2.45) is 0 Å². The largest absolute Gasteiger partial charge is 0.337 e. The Morgan fingerprint density at radius 3 is 2.56 bits per heavy atom. The third-order valence-electron chi connectivity index (χ3n) is 4.96. The molecule has 0 radical (unpaired) electrons. The van der Waals surface area contributed by atoms with E-state index in [4.69, 9.17) is 4.52 Å². The molecule has 0 spiro atoms. The fourth-order valence-electron chi connectivity index (χ4n) is 3.68. The summed E-state index contributed by atoms with van der Waals surface area (Å²) >= 11 is 0. The lowest BCUT2D eigenvalue weighted by Gasteiger charge is -2.33. The maximum absolute atomic E-state index is 13.1. The molecule has 1 fully saturated rings. The first-order valence-corrected chi connectivity index (χ1v) is 9.28. The van der Waals surface area contributed by atoms with Crippen molar-refractivity contribution in [1.29, 1.82) is 0 Å². The van der Waals surface area contributed by atoms with E-state index in [-0.39, 0.29) is 11.9 Å². The molecule has 1 aromatic carbocycles. The molecule has 4 rings (SSSR count). The van der Waals surface area contributed by atoms with Crippen LogP contribution in [0.25, 0.3) is 5.69 Å². The second-order valence-electron chi connectivity index (χ2n) is 7.08. The van der Waals surface area contributed by atoms with Crippen LogP contribution in [-0.4, -0.2) is 37.3 Å².